The van der Waals surface area contributed by atoms with E-state index in [0.717, 1.165) is 18.4 Å². The molecule has 0 radical (unpaired) electrons. The van der Waals surface area contributed by atoms with Crippen LogP contribution in [0.1, 0.15) is 31.2 Å². The molecule has 0 saturated carbocycles. The summed E-state index contributed by atoms with van der Waals surface area (Å²) in [6.07, 6.45) is 2.19. The molecule has 1 aromatic carbocycles. The number of urea groups is 1. The Balaban J connectivity index is 1.46. The number of nitrogens with one attached hydrogen (secondary N) is 2. The third-order valence-electron chi connectivity index (χ3n) is 4.60. The summed E-state index contributed by atoms with van der Waals surface area (Å²) in [5.41, 5.74) is 1.14. The summed E-state index contributed by atoms with van der Waals surface area (Å²) in [7, 11) is 0. The van der Waals surface area contributed by atoms with Crippen LogP contribution >= 0.6 is 0 Å². The van der Waals surface area contributed by atoms with Crippen LogP contribution in [0.5, 0.6) is 0 Å². The molecular formula is C18H23N3O4. The van der Waals surface area contributed by atoms with Gasteiger partial charge in [0.25, 0.3) is 0 Å². The summed E-state index contributed by atoms with van der Waals surface area (Å²) < 4.78 is 5.93. The maximum absolute atomic E-state index is 12.6. The van der Waals surface area contributed by atoms with Crippen molar-refractivity contribution in [2.45, 2.75) is 44.4 Å². The van der Waals surface area contributed by atoms with Crippen molar-refractivity contribution in [3.8, 4) is 0 Å². The van der Waals surface area contributed by atoms with E-state index in [2.05, 4.69) is 10.6 Å². The fraction of sp³-hybridized carbons (Fsp3) is 0.500. The Bertz CT molecular complexity index is 626. The second-order valence-electron chi connectivity index (χ2n) is 6.43. The monoisotopic (exact) mass is 345 g/mol. The van der Waals surface area contributed by atoms with Gasteiger partial charge in [0.2, 0.25) is 11.8 Å². The van der Waals surface area contributed by atoms with E-state index in [-0.39, 0.29) is 24.3 Å². The predicted octanol–water partition coefficient (Wildman–Crippen LogP) is 1.18. The van der Waals surface area contributed by atoms with Crippen molar-refractivity contribution in [2.24, 2.45) is 0 Å². The zero-order valence-electron chi connectivity index (χ0n) is 14.1. The normalized spacial score (nSPS) is 22.1. The van der Waals surface area contributed by atoms with Crippen molar-refractivity contribution >= 4 is 17.8 Å². The van der Waals surface area contributed by atoms with Gasteiger partial charge in [0, 0.05) is 19.5 Å². The molecule has 7 heteroatoms. The number of amides is 4. The number of ether oxygens (including phenoxy) is 1. The molecule has 2 fully saturated rings. The summed E-state index contributed by atoms with van der Waals surface area (Å²) in [5.74, 6) is -0.466. The standard InChI is InChI=1S/C18H23N3O4/c22-16-7-6-15(19-18(24)20-16)17(23)21-10-8-14(9-11-21)25-12-13-4-2-1-3-5-13/h1-5,14-15H,6-12H2,(H2,19,20,22,24)/t15-/m1/s1. The Morgan fingerprint density at radius 2 is 1.84 bits per heavy atom. The minimum absolute atomic E-state index is 0.119. The molecular weight excluding hydrogens is 322 g/mol. The van der Waals surface area contributed by atoms with Crippen molar-refractivity contribution in [2.75, 3.05) is 13.1 Å². The van der Waals surface area contributed by atoms with E-state index in [9.17, 15) is 14.4 Å². The van der Waals surface area contributed by atoms with Gasteiger partial charge in [-0.3, -0.25) is 14.9 Å². The highest BCUT2D eigenvalue weighted by Gasteiger charge is 2.31. The van der Waals surface area contributed by atoms with Crippen LogP contribution in [-0.4, -0.2) is 48.0 Å². The van der Waals surface area contributed by atoms with Crippen molar-refractivity contribution < 1.29 is 19.1 Å². The zero-order valence-corrected chi connectivity index (χ0v) is 14.1. The first-order chi connectivity index (χ1) is 12.1. The molecule has 1 atom stereocenters. The van der Waals surface area contributed by atoms with Crippen LogP contribution in [0.3, 0.4) is 0 Å². The maximum Gasteiger partial charge on any atom is 0.322 e. The van der Waals surface area contributed by atoms with E-state index in [1.165, 1.54) is 0 Å². The summed E-state index contributed by atoms with van der Waals surface area (Å²) in [4.78, 5) is 37.2. The molecule has 0 spiro atoms. The first-order valence-electron chi connectivity index (χ1n) is 8.66. The fourth-order valence-electron chi connectivity index (χ4n) is 3.17. The second-order valence-corrected chi connectivity index (χ2v) is 6.43. The average molecular weight is 345 g/mol. The van der Waals surface area contributed by atoms with E-state index in [4.69, 9.17) is 4.74 Å². The number of imide groups is 1. The Morgan fingerprint density at radius 3 is 2.56 bits per heavy atom. The first kappa shape index (κ1) is 17.4. The number of carbonyl (C=O) groups is 3. The lowest BCUT2D eigenvalue weighted by molar-refractivity contribution is -0.136. The fourth-order valence-corrected chi connectivity index (χ4v) is 3.17. The quantitative estimate of drug-likeness (QED) is 0.858. The summed E-state index contributed by atoms with van der Waals surface area (Å²) >= 11 is 0. The van der Waals surface area contributed by atoms with Crippen LogP contribution in [0, 0.1) is 0 Å². The Hall–Kier alpha value is -2.41. The van der Waals surface area contributed by atoms with Gasteiger partial charge in [0.1, 0.15) is 6.04 Å². The summed E-state index contributed by atoms with van der Waals surface area (Å²) in [6.45, 7) is 1.78. The zero-order chi connectivity index (χ0) is 17.6. The Labute approximate surface area is 146 Å². The smallest absolute Gasteiger partial charge is 0.322 e. The van der Waals surface area contributed by atoms with Gasteiger partial charge in [-0.25, -0.2) is 4.79 Å². The van der Waals surface area contributed by atoms with Gasteiger partial charge in [0.05, 0.1) is 12.7 Å². The molecule has 0 bridgehead atoms. The van der Waals surface area contributed by atoms with Gasteiger partial charge in [-0.05, 0) is 24.8 Å². The average Bonchev–Trinajstić information content (AvgIpc) is 2.81. The molecule has 2 aliphatic heterocycles. The Kier molecular flexibility index (Phi) is 5.65. The minimum Gasteiger partial charge on any atom is -0.373 e. The number of carbonyl (C=O) groups excluding carboxylic acids is 3. The van der Waals surface area contributed by atoms with Crippen molar-refractivity contribution in [3.63, 3.8) is 0 Å². The van der Waals surface area contributed by atoms with E-state index >= 15 is 0 Å². The van der Waals surface area contributed by atoms with E-state index in [1.54, 1.807) is 4.90 Å². The Morgan fingerprint density at radius 1 is 1.12 bits per heavy atom. The van der Waals surface area contributed by atoms with Gasteiger partial charge in [0.15, 0.2) is 0 Å². The van der Waals surface area contributed by atoms with Crippen LogP contribution in [0.15, 0.2) is 30.3 Å². The lowest BCUT2D eigenvalue weighted by Gasteiger charge is -2.34. The number of rotatable bonds is 4. The molecule has 2 N–H and O–H groups in total. The lowest BCUT2D eigenvalue weighted by atomic mass is 10.0. The topological polar surface area (TPSA) is 87.7 Å². The molecule has 2 heterocycles. The number of hydrogen-bond acceptors (Lipinski definition) is 4. The number of benzene rings is 1. The molecule has 25 heavy (non-hydrogen) atoms. The molecule has 0 aliphatic carbocycles. The van der Waals surface area contributed by atoms with Crippen LogP contribution in [0.4, 0.5) is 4.79 Å². The molecule has 0 unspecified atom stereocenters. The van der Waals surface area contributed by atoms with Crippen molar-refractivity contribution in [1.82, 2.24) is 15.5 Å². The van der Waals surface area contributed by atoms with Crippen LogP contribution < -0.4 is 10.6 Å². The summed E-state index contributed by atoms with van der Waals surface area (Å²) in [6, 6.07) is 8.78. The van der Waals surface area contributed by atoms with Crippen LogP contribution in [0.25, 0.3) is 0 Å². The molecule has 1 aromatic rings. The number of nitrogens with zero attached hydrogens (tertiary/aromatic N) is 1. The van der Waals surface area contributed by atoms with Crippen molar-refractivity contribution in [1.29, 1.82) is 0 Å². The molecule has 134 valence electrons. The van der Waals surface area contributed by atoms with Gasteiger partial charge < -0.3 is 15.0 Å². The predicted molar refractivity (Wildman–Crippen MR) is 90.5 cm³/mol. The third-order valence-corrected chi connectivity index (χ3v) is 4.60. The largest absolute Gasteiger partial charge is 0.373 e. The maximum atomic E-state index is 12.6. The van der Waals surface area contributed by atoms with E-state index < -0.39 is 12.1 Å². The van der Waals surface area contributed by atoms with Gasteiger partial charge in [-0.1, -0.05) is 30.3 Å². The number of piperidine rings is 1. The highest BCUT2D eigenvalue weighted by atomic mass is 16.5. The van der Waals surface area contributed by atoms with Crippen LogP contribution in [-0.2, 0) is 20.9 Å². The molecule has 2 saturated heterocycles. The molecule has 0 aromatic heterocycles. The summed E-state index contributed by atoms with van der Waals surface area (Å²) in [5, 5.41) is 4.76. The van der Waals surface area contributed by atoms with E-state index in [0.29, 0.717) is 26.1 Å². The highest BCUT2D eigenvalue weighted by Crippen LogP contribution is 2.17. The van der Waals surface area contributed by atoms with E-state index in [1.807, 2.05) is 30.3 Å². The van der Waals surface area contributed by atoms with Gasteiger partial charge in [-0.2, -0.15) is 0 Å². The molecule has 7 nitrogen and oxygen atoms in total. The second kappa shape index (κ2) is 8.11. The molecule has 3 rings (SSSR count). The van der Waals surface area contributed by atoms with Gasteiger partial charge >= 0.3 is 6.03 Å². The van der Waals surface area contributed by atoms with Crippen LogP contribution in [0.2, 0.25) is 0 Å². The van der Waals surface area contributed by atoms with Crippen molar-refractivity contribution in [3.05, 3.63) is 35.9 Å². The number of hydrogen-bond donors (Lipinski definition) is 2. The highest BCUT2D eigenvalue weighted by molar-refractivity contribution is 5.98. The number of likely N-dealkylation sites (tertiary alicyclic amines) is 1. The van der Waals surface area contributed by atoms with Gasteiger partial charge in [-0.15, -0.1) is 0 Å². The third kappa shape index (κ3) is 4.79. The SMILES string of the molecule is O=C1CC[C@H](C(=O)N2CCC(OCc3ccccc3)CC2)NC(=O)N1. The lowest BCUT2D eigenvalue weighted by Crippen LogP contribution is -2.52. The first-order valence-corrected chi connectivity index (χ1v) is 8.66. The molecule has 4 amide bonds. The minimum atomic E-state index is -0.631. The molecule has 2 aliphatic rings.